The summed E-state index contributed by atoms with van der Waals surface area (Å²) in [5.74, 6) is 0.217. The van der Waals surface area contributed by atoms with Crippen LogP contribution >= 0.6 is 0 Å². The Bertz CT molecular complexity index is 1290. The Hall–Kier alpha value is -4.47. The summed E-state index contributed by atoms with van der Waals surface area (Å²) < 4.78 is 21.4. The fourth-order valence-corrected chi connectivity index (χ4v) is 3.24. The van der Waals surface area contributed by atoms with Gasteiger partial charge in [0, 0.05) is 30.2 Å². The van der Waals surface area contributed by atoms with Gasteiger partial charge in [-0.15, -0.1) is 0 Å². The lowest BCUT2D eigenvalue weighted by molar-refractivity contribution is 0.262. The van der Waals surface area contributed by atoms with Crippen molar-refractivity contribution in [1.82, 2.24) is 19.7 Å². The molecule has 4 N–H and O–H groups in total. The molecule has 0 saturated carbocycles. The molecule has 0 spiro atoms. The van der Waals surface area contributed by atoms with E-state index in [2.05, 4.69) is 25.7 Å². The third-order valence-corrected chi connectivity index (χ3v) is 4.88. The molecule has 0 unspecified atom stereocenters. The number of nitrogens with two attached hydrogens (primary N) is 1. The van der Waals surface area contributed by atoms with Crippen LogP contribution in [-0.4, -0.2) is 32.9 Å². The highest BCUT2D eigenvalue weighted by atomic mass is 19.1. The highest BCUT2D eigenvalue weighted by molar-refractivity contribution is 6.00. The molecule has 0 aliphatic rings. The van der Waals surface area contributed by atoms with Crippen LogP contribution < -0.4 is 21.1 Å². The number of aryl methyl sites for hydroxylation is 1. The largest absolute Gasteiger partial charge is 0.497 e. The van der Waals surface area contributed by atoms with Crippen molar-refractivity contribution in [2.24, 2.45) is 0 Å². The normalized spacial score (nSPS) is 10.6. The van der Waals surface area contributed by atoms with E-state index in [-0.39, 0.29) is 11.6 Å². The van der Waals surface area contributed by atoms with Crippen LogP contribution in [0.5, 0.6) is 5.75 Å². The van der Waals surface area contributed by atoms with E-state index in [0.29, 0.717) is 40.5 Å². The maximum Gasteiger partial charge on any atom is 0.323 e. The zero-order chi connectivity index (χ0) is 23.4. The van der Waals surface area contributed by atoms with E-state index < -0.39 is 11.8 Å². The molecule has 2 aromatic heterocycles. The number of anilines is 3. The Labute approximate surface area is 189 Å². The van der Waals surface area contributed by atoms with Gasteiger partial charge in [-0.2, -0.15) is 5.10 Å². The molecule has 9 nitrogen and oxygen atoms in total. The van der Waals surface area contributed by atoms with Crippen molar-refractivity contribution < 1.29 is 13.9 Å². The molecule has 0 aliphatic heterocycles. The van der Waals surface area contributed by atoms with E-state index in [4.69, 9.17) is 10.5 Å². The molecular formula is C23H22FN7O2. The zero-order valence-corrected chi connectivity index (χ0v) is 18.0. The van der Waals surface area contributed by atoms with Crippen LogP contribution in [0.4, 0.5) is 26.5 Å². The third-order valence-electron chi connectivity index (χ3n) is 4.88. The molecule has 0 radical (unpaired) electrons. The summed E-state index contributed by atoms with van der Waals surface area (Å²) in [6.07, 6.45) is 3.38. The Balaban J connectivity index is 1.62. The van der Waals surface area contributed by atoms with Crippen molar-refractivity contribution in [2.45, 2.75) is 13.5 Å². The van der Waals surface area contributed by atoms with Crippen LogP contribution in [0.2, 0.25) is 0 Å². The molecule has 2 amide bonds. The number of urea groups is 1. The fraction of sp³-hybridized carbons (Fsp3) is 0.130. The molecule has 0 bridgehead atoms. The van der Waals surface area contributed by atoms with Crippen LogP contribution in [0.25, 0.3) is 22.5 Å². The summed E-state index contributed by atoms with van der Waals surface area (Å²) >= 11 is 0. The minimum Gasteiger partial charge on any atom is -0.497 e. The van der Waals surface area contributed by atoms with Crippen molar-refractivity contribution >= 4 is 23.4 Å². The second-order valence-corrected chi connectivity index (χ2v) is 7.05. The maximum atomic E-state index is 14.5. The number of benzene rings is 2. The Kier molecular flexibility index (Phi) is 6.16. The number of aromatic nitrogens is 4. The summed E-state index contributed by atoms with van der Waals surface area (Å²) in [6.45, 7) is 2.58. The highest BCUT2D eigenvalue weighted by Gasteiger charge is 2.17. The number of halogens is 1. The van der Waals surface area contributed by atoms with Crippen LogP contribution in [-0.2, 0) is 6.54 Å². The Morgan fingerprint density at radius 1 is 1.15 bits per heavy atom. The SMILES string of the molecule is CCn1cc(-c2ccc(F)c(NC(=O)Nc3ccc(OC)cc3)c2)c(-c2ccnc(N)n2)n1. The molecular weight excluding hydrogens is 425 g/mol. The predicted octanol–water partition coefficient (Wildman–Crippen LogP) is 4.40. The maximum absolute atomic E-state index is 14.5. The van der Waals surface area contributed by atoms with Crippen LogP contribution in [0, 0.1) is 5.82 Å². The van der Waals surface area contributed by atoms with Gasteiger partial charge >= 0.3 is 6.03 Å². The molecule has 0 atom stereocenters. The monoisotopic (exact) mass is 447 g/mol. The molecule has 33 heavy (non-hydrogen) atoms. The van der Waals surface area contributed by atoms with E-state index in [1.54, 1.807) is 60.5 Å². The number of nitrogens with zero attached hydrogens (tertiary/aromatic N) is 4. The second kappa shape index (κ2) is 9.35. The lowest BCUT2D eigenvalue weighted by Gasteiger charge is -2.11. The molecule has 2 heterocycles. The second-order valence-electron chi connectivity index (χ2n) is 7.05. The van der Waals surface area contributed by atoms with Crippen LogP contribution in [0.15, 0.2) is 60.9 Å². The van der Waals surface area contributed by atoms with Gasteiger partial charge in [-0.25, -0.2) is 19.2 Å². The number of carbonyl (C=O) groups is 1. The molecule has 4 aromatic rings. The van der Waals surface area contributed by atoms with Crippen LogP contribution in [0.3, 0.4) is 0 Å². The van der Waals surface area contributed by atoms with E-state index in [9.17, 15) is 9.18 Å². The van der Waals surface area contributed by atoms with Gasteiger partial charge in [-0.05, 0) is 55.0 Å². The first-order chi connectivity index (χ1) is 16.0. The number of hydrogen-bond acceptors (Lipinski definition) is 6. The standard InChI is InChI=1S/C23H22FN7O2/c1-3-31-13-17(21(30-31)19-10-11-26-22(25)28-19)14-4-9-18(24)20(12-14)29-23(32)27-15-5-7-16(33-2)8-6-15/h4-13H,3H2,1-2H3,(H2,25,26,28)(H2,27,29,32). The molecule has 10 heteroatoms. The molecule has 4 rings (SSSR count). The number of nitrogen functional groups attached to an aromatic ring is 1. The number of carbonyl (C=O) groups excluding carboxylic acids is 1. The van der Waals surface area contributed by atoms with Gasteiger partial charge < -0.3 is 21.1 Å². The van der Waals surface area contributed by atoms with Gasteiger partial charge in [-0.3, -0.25) is 4.68 Å². The topological polar surface area (TPSA) is 120 Å². The number of nitrogens with one attached hydrogen (secondary N) is 2. The summed E-state index contributed by atoms with van der Waals surface area (Å²) in [4.78, 5) is 20.6. The van der Waals surface area contributed by atoms with Crippen molar-refractivity contribution in [3.8, 4) is 28.3 Å². The average Bonchev–Trinajstić information content (AvgIpc) is 3.26. The number of amides is 2. The van der Waals surface area contributed by atoms with Crippen molar-refractivity contribution in [3.63, 3.8) is 0 Å². The van der Waals surface area contributed by atoms with Gasteiger partial charge in [-0.1, -0.05) is 6.07 Å². The summed E-state index contributed by atoms with van der Waals surface area (Å²) in [5.41, 5.74) is 8.79. The lowest BCUT2D eigenvalue weighted by Crippen LogP contribution is -2.20. The van der Waals surface area contributed by atoms with Crippen molar-refractivity contribution in [1.29, 1.82) is 0 Å². The molecule has 0 fully saturated rings. The number of ether oxygens (including phenoxy) is 1. The highest BCUT2D eigenvalue weighted by Crippen LogP contribution is 2.32. The van der Waals surface area contributed by atoms with E-state index in [0.717, 1.165) is 0 Å². The first-order valence-corrected chi connectivity index (χ1v) is 10.1. The minimum absolute atomic E-state index is 0.0240. The Morgan fingerprint density at radius 3 is 2.64 bits per heavy atom. The van der Waals surface area contributed by atoms with Crippen LogP contribution in [0.1, 0.15) is 6.92 Å². The summed E-state index contributed by atoms with van der Waals surface area (Å²) in [5, 5.41) is 9.79. The van der Waals surface area contributed by atoms with E-state index in [1.807, 2.05) is 13.1 Å². The fourth-order valence-electron chi connectivity index (χ4n) is 3.24. The first-order valence-electron chi connectivity index (χ1n) is 10.1. The van der Waals surface area contributed by atoms with Gasteiger partial charge in [0.25, 0.3) is 0 Å². The lowest BCUT2D eigenvalue weighted by atomic mass is 10.0. The van der Waals surface area contributed by atoms with E-state index >= 15 is 0 Å². The van der Waals surface area contributed by atoms with Gasteiger partial charge in [0.1, 0.15) is 17.3 Å². The predicted molar refractivity (Wildman–Crippen MR) is 124 cm³/mol. The van der Waals surface area contributed by atoms with Crippen molar-refractivity contribution in [3.05, 3.63) is 66.7 Å². The van der Waals surface area contributed by atoms with Gasteiger partial charge in [0.2, 0.25) is 5.95 Å². The molecule has 2 aromatic carbocycles. The molecule has 0 saturated heterocycles. The Morgan fingerprint density at radius 2 is 1.94 bits per heavy atom. The summed E-state index contributed by atoms with van der Waals surface area (Å²) in [6, 6.07) is 12.4. The minimum atomic E-state index is -0.579. The van der Waals surface area contributed by atoms with Gasteiger partial charge in [0.15, 0.2) is 0 Å². The van der Waals surface area contributed by atoms with Crippen molar-refractivity contribution in [2.75, 3.05) is 23.5 Å². The number of methoxy groups -OCH3 is 1. The van der Waals surface area contributed by atoms with E-state index in [1.165, 1.54) is 6.07 Å². The molecule has 0 aliphatic carbocycles. The smallest absolute Gasteiger partial charge is 0.323 e. The summed E-state index contributed by atoms with van der Waals surface area (Å²) in [7, 11) is 1.56. The quantitative estimate of drug-likeness (QED) is 0.403. The number of hydrogen-bond donors (Lipinski definition) is 3. The third kappa shape index (κ3) is 4.90. The molecule has 168 valence electrons. The average molecular weight is 447 g/mol. The zero-order valence-electron chi connectivity index (χ0n) is 18.0. The van der Waals surface area contributed by atoms with Gasteiger partial charge in [0.05, 0.1) is 18.5 Å². The number of rotatable bonds is 6. The first kappa shape index (κ1) is 21.8.